The van der Waals surface area contributed by atoms with Crippen LogP contribution in [0.3, 0.4) is 0 Å². The second-order valence-corrected chi connectivity index (χ2v) is 7.50. The lowest BCUT2D eigenvalue weighted by molar-refractivity contribution is -0.258. The quantitative estimate of drug-likeness (QED) is 0.561. The highest BCUT2D eigenvalue weighted by Crippen LogP contribution is 2.41. The lowest BCUT2D eigenvalue weighted by Crippen LogP contribution is -2.53. The van der Waals surface area contributed by atoms with Crippen molar-refractivity contribution < 1.29 is 26.3 Å². The van der Waals surface area contributed by atoms with Crippen molar-refractivity contribution in [2.75, 3.05) is 6.54 Å². The van der Waals surface area contributed by atoms with Gasteiger partial charge in [0.05, 0.1) is 11.4 Å². The van der Waals surface area contributed by atoms with Gasteiger partial charge in [0.1, 0.15) is 12.2 Å². The van der Waals surface area contributed by atoms with Gasteiger partial charge in [-0.05, 0) is 44.2 Å². The molecular weight excluding hydrogens is 402 g/mol. The molecule has 160 valence electrons. The van der Waals surface area contributed by atoms with Crippen LogP contribution in [0.15, 0.2) is 23.0 Å². The summed E-state index contributed by atoms with van der Waals surface area (Å²) >= 11 is 0. The number of H-pyrrole nitrogens is 1. The maximum atomic E-state index is 12.7. The Labute approximate surface area is 162 Å². The van der Waals surface area contributed by atoms with Gasteiger partial charge in [-0.3, -0.25) is 5.32 Å². The van der Waals surface area contributed by atoms with E-state index in [0.29, 0.717) is 25.7 Å². The van der Waals surface area contributed by atoms with Gasteiger partial charge in [0.15, 0.2) is 0 Å². The first-order valence-electron chi connectivity index (χ1n) is 9.28. The molecule has 0 saturated heterocycles. The molecule has 4 N–H and O–H groups in total. The van der Waals surface area contributed by atoms with Crippen LogP contribution >= 0.6 is 0 Å². The maximum Gasteiger partial charge on any atom is 0.412 e. The highest BCUT2D eigenvalue weighted by atomic mass is 19.4. The Balaban J connectivity index is 1.38. The van der Waals surface area contributed by atoms with E-state index in [1.54, 1.807) is 22.9 Å². The standard InChI is InChI=1S/C17H20F6N6/c18-16(19,20)15(17(21,22)23)25-7-9-1-3-10(4-2-9)12-13-11-5-6-24-14(11)26-8-29(13)28-27-12/h5-6,8-10,15,24-25,27-28H,1-4,7H2/t9-,10-. The van der Waals surface area contributed by atoms with Crippen LogP contribution in [0.25, 0.3) is 5.70 Å². The largest absolute Gasteiger partial charge is 0.412 e. The van der Waals surface area contributed by atoms with Crippen LogP contribution in [0.2, 0.25) is 0 Å². The van der Waals surface area contributed by atoms with Crippen molar-refractivity contribution >= 4 is 17.9 Å². The summed E-state index contributed by atoms with van der Waals surface area (Å²) < 4.78 is 76.0. The lowest BCUT2D eigenvalue weighted by atomic mass is 9.79. The van der Waals surface area contributed by atoms with E-state index in [4.69, 9.17) is 0 Å². The van der Waals surface area contributed by atoms with Crippen molar-refractivity contribution in [3.05, 3.63) is 23.5 Å². The second kappa shape index (κ2) is 7.24. The number of hydrogen-bond acceptors (Lipinski definition) is 5. The first-order valence-corrected chi connectivity index (χ1v) is 9.28. The molecule has 0 bridgehead atoms. The zero-order valence-corrected chi connectivity index (χ0v) is 15.2. The Morgan fingerprint density at radius 3 is 2.45 bits per heavy atom. The molecule has 3 aliphatic rings. The molecule has 12 heteroatoms. The number of halogens is 6. The van der Waals surface area contributed by atoms with E-state index in [0.717, 1.165) is 22.8 Å². The molecule has 1 saturated carbocycles. The van der Waals surface area contributed by atoms with Gasteiger partial charge in [0.25, 0.3) is 0 Å². The summed E-state index contributed by atoms with van der Waals surface area (Å²) in [7, 11) is 0. The van der Waals surface area contributed by atoms with Gasteiger partial charge < -0.3 is 10.4 Å². The number of allylic oxidation sites excluding steroid dienone is 1. The van der Waals surface area contributed by atoms with Crippen LogP contribution in [-0.2, 0) is 0 Å². The van der Waals surface area contributed by atoms with Crippen LogP contribution in [0, 0.1) is 11.8 Å². The number of fused-ring (bicyclic) bond motifs is 3. The molecule has 0 aromatic carbocycles. The minimum Gasteiger partial charge on any atom is -0.346 e. The van der Waals surface area contributed by atoms with Gasteiger partial charge in [-0.15, -0.1) is 5.53 Å². The molecule has 0 amide bonds. The third kappa shape index (κ3) is 3.95. The van der Waals surface area contributed by atoms with Gasteiger partial charge >= 0.3 is 12.4 Å². The zero-order valence-electron chi connectivity index (χ0n) is 15.2. The molecule has 0 spiro atoms. The summed E-state index contributed by atoms with van der Waals surface area (Å²) in [6.07, 6.45) is -4.85. The Bertz CT molecular complexity index is 788. The number of alkyl halides is 6. The number of rotatable bonds is 4. The van der Waals surface area contributed by atoms with Gasteiger partial charge in [-0.25, -0.2) is 10.0 Å². The molecule has 29 heavy (non-hydrogen) atoms. The summed E-state index contributed by atoms with van der Waals surface area (Å²) in [4.78, 5) is 7.33. The molecule has 1 aromatic heterocycles. The van der Waals surface area contributed by atoms with E-state index in [1.807, 2.05) is 6.07 Å². The minimum absolute atomic E-state index is 0.133. The van der Waals surface area contributed by atoms with Gasteiger partial charge in [-0.2, -0.15) is 26.3 Å². The van der Waals surface area contributed by atoms with Crippen molar-refractivity contribution in [1.29, 1.82) is 0 Å². The monoisotopic (exact) mass is 422 g/mol. The lowest BCUT2D eigenvalue weighted by Gasteiger charge is -2.31. The Kier molecular flexibility index (Phi) is 5.01. The van der Waals surface area contributed by atoms with Gasteiger partial charge in [0, 0.05) is 17.7 Å². The fourth-order valence-corrected chi connectivity index (χ4v) is 4.15. The summed E-state index contributed by atoms with van der Waals surface area (Å²) in [5, 5.41) is 3.45. The van der Waals surface area contributed by atoms with E-state index >= 15 is 0 Å². The first-order chi connectivity index (χ1) is 13.6. The average molecular weight is 422 g/mol. The number of hydrazine groups is 2. The Morgan fingerprint density at radius 1 is 1.10 bits per heavy atom. The predicted octanol–water partition coefficient (Wildman–Crippen LogP) is 3.57. The van der Waals surface area contributed by atoms with Crippen LogP contribution in [0.4, 0.5) is 32.2 Å². The molecular formula is C17H20F6N6. The predicted molar refractivity (Wildman–Crippen MR) is 93.3 cm³/mol. The van der Waals surface area contributed by atoms with Crippen LogP contribution in [0.5, 0.6) is 0 Å². The fourth-order valence-electron chi connectivity index (χ4n) is 4.15. The number of nitrogens with one attached hydrogen (secondary N) is 4. The molecule has 0 atom stereocenters. The van der Waals surface area contributed by atoms with Crippen molar-refractivity contribution in [3.63, 3.8) is 0 Å². The third-order valence-corrected chi connectivity index (χ3v) is 5.61. The first kappa shape index (κ1) is 20.1. The van der Waals surface area contributed by atoms with Gasteiger partial charge in [-0.1, -0.05) is 0 Å². The minimum atomic E-state index is -5.36. The molecule has 2 aliphatic heterocycles. The molecule has 1 aromatic rings. The average Bonchev–Trinajstić information content (AvgIpc) is 3.26. The van der Waals surface area contributed by atoms with Crippen LogP contribution in [0.1, 0.15) is 31.2 Å². The molecule has 1 fully saturated rings. The van der Waals surface area contributed by atoms with Crippen molar-refractivity contribution in [2.45, 2.75) is 44.1 Å². The highest BCUT2D eigenvalue weighted by Gasteiger charge is 2.56. The maximum absolute atomic E-state index is 12.7. The summed E-state index contributed by atoms with van der Waals surface area (Å²) in [5.74, 6) is 0.641. The molecule has 0 radical (unpaired) electrons. The normalized spacial score (nSPS) is 24.7. The summed E-state index contributed by atoms with van der Waals surface area (Å²) in [6, 6.07) is -1.58. The SMILES string of the molecule is FC(F)(F)C(NC[C@H]1CC[C@H](C2=C3c4cc[nH]c4N=CN3NN2)CC1)C(F)(F)F. The number of hydrogen-bond donors (Lipinski definition) is 4. The van der Waals surface area contributed by atoms with E-state index in [-0.39, 0.29) is 18.4 Å². The Hall–Kier alpha value is -2.21. The number of aliphatic imine (C=N–C) groups is 1. The summed E-state index contributed by atoms with van der Waals surface area (Å²) in [6.45, 7) is -0.311. The molecule has 0 unspecified atom stereocenters. The van der Waals surface area contributed by atoms with Crippen molar-refractivity contribution in [2.24, 2.45) is 16.8 Å². The smallest absolute Gasteiger partial charge is 0.346 e. The van der Waals surface area contributed by atoms with E-state index in [2.05, 4.69) is 20.9 Å². The number of aromatic amines is 1. The van der Waals surface area contributed by atoms with E-state index in [1.165, 1.54) is 0 Å². The third-order valence-electron chi connectivity index (χ3n) is 5.61. The topological polar surface area (TPSA) is 67.5 Å². The van der Waals surface area contributed by atoms with Crippen molar-refractivity contribution in [1.82, 2.24) is 26.3 Å². The van der Waals surface area contributed by atoms with Crippen LogP contribution < -0.4 is 16.3 Å². The Morgan fingerprint density at radius 2 is 1.79 bits per heavy atom. The second-order valence-electron chi connectivity index (χ2n) is 7.50. The molecule has 4 rings (SSSR count). The van der Waals surface area contributed by atoms with Crippen molar-refractivity contribution in [3.8, 4) is 0 Å². The van der Waals surface area contributed by atoms with E-state index in [9.17, 15) is 26.3 Å². The molecule has 6 nitrogen and oxygen atoms in total. The van der Waals surface area contributed by atoms with E-state index < -0.39 is 18.4 Å². The van der Waals surface area contributed by atoms with Crippen LogP contribution in [-0.4, -0.2) is 41.3 Å². The summed E-state index contributed by atoms with van der Waals surface area (Å²) in [5.41, 5.74) is 8.98. The number of nitrogens with zero attached hydrogens (tertiary/aromatic N) is 2. The molecule has 1 aliphatic carbocycles. The van der Waals surface area contributed by atoms with Gasteiger partial charge in [0.2, 0.25) is 6.04 Å². The highest BCUT2D eigenvalue weighted by molar-refractivity contribution is 5.87. The molecule has 3 heterocycles. The number of aromatic nitrogens is 1. The fraction of sp³-hybridized carbons (Fsp3) is 0.588. The zero-order chi connectivity index (χ0) is 20.8.